The number of hydrogen-bond acceptors (Lipinski definition) is 5. The first-order chi connectivity index (χ1) is 11.8. The summed E-state index contributed by atoms with van der Waals surface area (Å²) in [5.74, 6) is 0.434. The minimum Gasteiger partial charge on any atom is -0.352 e. The van der Waals surface area contributed by atoms with Crippen molar-refractivity contribution in [1.82, 2.24) is 20.4 Å². The molecule has 1 aromatic carbocycles. The molecule has 3 rings (SSSR count). The van der Waals surface area contributed by atoms with Crippen LogP contribution in [0, 0.1) is 0 Å². The molecule has 1 aromatic heterocycles. The molecule has 1 heterocycles. The summed E-state index contributed by atoms with van der Waals surface area (Å²) in [7, 11) is 1.74. The van der Waals surface area contributed by atoms with E-state index in [9.17, 15) is 18.0 Å². The molecule has 6 nitrogen and oxygen atoms in total. The van der Waals surface area contributed by atoms with Crippen LogP contribution in [-0.2, 0) is 17.5 Å². The minimum atomic E-state index is -4.38. The van der Waals surface area contributed by atoms with Crippen molar-refractivity contribution in [3.05, 3.63) is 35.7 Å². The van der Waals surface area contributed by atoms with Gasteiger partial charge in [0.2, 0.25) is 17.6 Å². The third kappa shape index (κ3) is 4.79. The van der Waals surface area contributed by atoms with E-state index in [-0.39, 0.29) is 30.7 Å². The smallest absolute Gasteiger partial charge is 0.352 e. The first-order valence-corrected chi connectivity index (χ1v) is 7.79. The number of nitrogens with zero attached hydrogens (tertiary/aromatic N) is 3. The van der Waals surface area contributed by atoms with Gasteiger partial charge in [-0.15, -0.1) is 0 Å². The van der Waals surface area contributed by atoms with Gasteiger partial charge in [-0.3, -0.25) is 9.69 Å². The number of hydrogen-bond donors (Lipinski definition) is 1. The summed E-state index contributed by atoms with van der Waals surface area (Å²) in [6.45, 7) is 0.472. The van der Waals surface area contributed by atoms with Crippen molar-refractivity contribution >= 4 is 5.91 Å². The summed E-state index contributed by atoms with van der Waals surface area (Å²) in [5, 5.41) is 6.65. The first kappa shape index (κ1) is 17.4. The number of benzene rings is 1. The Labute approximate surface area is 142 Å². The van der Waals surface area contributed by atoms with Gasteiger partial charge in [-0.1, -0.05) is 17.3 Å². The monoisotopic (exact) mass is 354 g/mol. The van der Waals surface area contributed by atoms with Crippen molar-refractivity contribution in [2.75, 3.05) is 13.6 Å². The average molecular weight is 354 g/mol. The van der Waals surface area contributed by atoms with Crippen molar-refractivity contribution in [3.63, 3.8) is 0 Å². The van der Waals surface area contributed by atoms with Crippen LogP contribution in [0.15, 0.2) is 28.8 Å². The summed E-state index contributed by atoms with van der Waals surface area (Å²) >= 11 is 0. The normalized spacial score (nSPS) is 14.8. The Hall–Kier alpha value is -2.42. The predicted molar refractivity (Wildman–Crippen MR) is 82.2 cm³/mol. The number of carbonyl (C=O) groups excluding carboxylic acids is 1. The van der Waals surface area contributed by atoms with Gasteiger partial charge in [0.1, 0.15) is 0 Å². The molecule has 134 valence electrons. The molecule has 0 unspecified atom stereocenters. The largest absolute Gasteiger partial charge is 0.416 e. The second kappa shape index (κ2) is 6.83. The lowest BCUT2D eigenvalue weighted by molar-refractivity contribution is -0.137. The number of nitrogens with one attached hydrogen (secondary N) is 1. The molecule has 9 heteroatoms. The Morgan fingerprint density at radius 2 is 2.00 bits per heavy atom. The summed E-state index contributed by atoms with van der Waals surface area (Å²) < 4.78 is 42.8. The van der Waals surface area contributed by atoms with Gasteiger partial charge in [0, 0.05) is 11.6 Å². The van der Waals surface area contributed by atoms with Crippen LogP contribution in [-0.4, -0.2) is 40.6 Å². The van der Waals surface area contributed by atoms with Crippen LogP contribution >= 0.6 is 0 Å². The molecule has 1 fully saturated rings. The number of aromatic nitrogens is 2. The van der Waals surface area contributed by atoms with Crippen LogP contribution in [0.25, 0.3) is 11.4 Å². The predicted octanol–water partition coefficient (Wildman–Crippen LogP) is 2.47. The number of likely N-dealkylation sites (N-methyl/N-ethyl adjacent to an activating group) is 1. The van der Waals surface area contributed by atoms with E-state index in [1.54, 1.807) is 11.9 Å². The van der Waals surface area contributed by atoms with Gasteiger partial charge >= 0.3 is 6.18 Å². The fourth-order valence-electron chi connectivity index (χ4n) is 2.28. The molecule has 25 heavy (non-hydrogen) atoms. The van der Waals surface area contributed by atoms with Crippen molar-refractivity contribution < 1.29 is 22.5 Å². The lowest BCUT2D eigenvalue weighted by atomic mass is 10.1. The Bertz CT molecular complexity index is 739. The van der Waals surface area contributed by atoms with Gasteiger partial charge in [-0.05, 0) is 32.0 Å². The molecule has 2 aromatic rings. The van der Waals surface area contributed by atoms with Gasteiger partial charge in [0.25, 0.3) is 0 Å². The molecule has 1 saturated carbocycles. The van der Waals surface area contributed by atoms with Crippen LogP contribution < -0.4 is 5.32 Å². The van der Waals surface area contributed by atoms with Crippen LogP contribution in [0.5, 0.6) is 0 Å². The summed E-state index contributed by atoms with van der Waals surface area (Å²) in [6, 6.07) is 4.84. The molecule has 1 aliphatic rings. The Kier molecular flexibility index (Phi) is 4.76. The molecule has 1 aliphatic carbocycles. The molecule has 0 aliphatic heterocycles. The summed E-state index contributed by atoms with van der Waals surface area (Å²) in [4.78, 5) is 17.6. The molecule has 0 spiro atoms. The van der Waals surface area contributed by atoms with E-state index in [1.807, 2.05) is 0 Å². The number of rotatable bonds is 6. The highest BCUT2D eigenvalue weighted by Gasteiger charge is 2.30. The van der Waals surface area contributed by atoms with Crippen LogP contribution in [0.2, 0.25) is 0 Å². The second-order valence-electron chi connectivity index (χ2n) is 6.10. The zero-order valence-corrected chi connectivity index (χ0v) is 13.5. The Morgan fingerprint density at radius 1 is 1.32 bits per heavy atom. The quantitative estimate of drug-likeness (QED) is 0.863. The van der Waals surface area contributed by atoms with E-state index >= 15 is 0 Å². The van der Waals surface area contributed by atoms with Crippen molar-refractivity contribution in [3.8, 4) is 11.4 Å². The second-order valence-corrected chi connectivity index (χ2v) is 6.10. The maximum atomic E-state index is 12.6. The lowest BCUT2D eigenvalue weighted by Gasteiger charge is -2.13. The molecular formula is C16H17F3N4O2. The maximum Gasteiger partial charge on any atom is 0.416 e. The zero-order valence-electron chi connectivity index (χ0n) is 13.5. The molecule has 0 saturated heterocycles. The Morgan fingerprint density at radius 3 is 2.60 bits per heavy atom. The first-order valence-electron chi connectivity index (χ1n) is 7.79. The third-order valence-corrected chi connectivity index (χ3v) is 3.70. The highest BCUT2D eigenvalue weighted by molar-refractivity contribution is 5.78. The van der Waals surface area contributed by atoms with Gasteiger partial charge in [0.05, 0.1) is 18.7 Å². The Balaban J connectivity index is 1.58. The van der Waals surface area contributed by atoms with E-state index in [1.165, 1.54) is 12.1 Å². The third-order valence-electron chi connectivity index (χ3n) is 3.70. The van der Waals surface area contributed by atoms with Gasteiger partial charge in [0.15, 0.2) is 0 Å². The van der Waals surface area contributed by atoms with Crippen molar-refractivity contribution in [1.29, 1.82) is 0 Å². The van der Waals surface area contributed by atoms with Crippen molar-refractivity contribution in [2.45, 2.75) is 31.6 Å². The standard InChI is InChI=1S/C16H17F3N4O2/c1-23(8-13(24)20-12-6-7-12)9-14-21-15(22-25-14)10-2-4-11(5-3-10)16(17,18)19/h2-5,12H,6-9H2,1H3,(H,20,24). The van der Waals surface area contributed by atoms with Crippen LogP contribution in [0.4, 0.5) is 13.2 Å². The fraction of sp³-hybridized carbons (Fsp3) is 0.438. The molecular weight excluding hydrogens is 337 g/mol. The molecule has 0 radical (unpaired) electrons. The van der Waals surface area contributed by atoms with Crippen molar-refractivity contribution in [2.24, 2.45) is 0 Å². The maximum absolute atomic E-state index is 12.6. The zero-order chi connectivity index (χ0) is 18.0. The van der Waals surface area contributed by atoms with E-state index < -0.39 is 11.7 Å². The van der Waals surface area contributed by atoms with E-state index in [0.29, 0.717) is 11.6 Å². The highest BCUT2D eigenvalue weighted by atomic mass is 19.4. The van der Waals surface area contributed by atoms with Crippen LogP contribution in [0.3, 0.4) is 0 Å². The summed E-state index contributed by atoms with van der Waals surface area (Å²) in [6.07, 6.45) is -2.34. The molecule has 0 bridgehead atoms. The topological polar surface area (TPSA) is 71.3 Å². The SMILES string of the molecule is CN(CC(=O)NC1CC1)Cc1nc(-c2ccc(C(F)(F)F)cc2)no1. The van der Waals surface area contributed by atoms with Gasteiger partial charge in [-0.2, -0.15) is 18.2 Å². The van der Waals surface area contributed by atoms with Gasteiger partial charge < -0.3 is 9.84 Å². The number of carbonyl (C=O) groups is 1. The van der Waals surface area contributed by atoms with E-state index in [0.717, 1.165) is 25.0 Å². The molecule has 1 N–H and O–H groups in total. The molecule has 0 atom stereocenters. The summed E-state index contributed by atoms with van der Waals surface area (Å²) in [5.41, 5.74) is -0.307. The number of alkyl halides is 3. The lowest BCUT2D eigenvalue weighted by Crippen LogP contribution is -2.35. The minimum absolute atomic E-state index is 0.0625. The van der Waals surface area contributed by atoms with Crippen LogP contribution in [0.1, 0.15) is 24.3 Å². The number of amides is 1. The van der Waals surface area contributed by atoms with E-state index in [4.69, 9.17) is 4.52 Å². The average Bonchev–Trinajstić information content (AvgIpc) is 3.22. The fourth-order valence-corrected chi connectivity index (χ4v) is 2.28. The highest BCUT2D eigenvalue weighted by Crippen LogP contribution is 2.30. The van der Waals surface area contributed by atoms with Gasteiger partial charge in [-0.25, -0.2) is 0 Å². The molecule has 1 amide bonds. The number of halogens is 3. The van der Waals surface area contributed by atoms with E-state index in [2.05, 4.69) is 15.5 Å².